The Morgan fingerprint density at radius 2 is 2.11 bits per heavy atom. The average Bonchev–Trinajstić information content (AvgIpc) is 3.07. The van der Waals surface area contributed by atoms with Crippen LogP contribution >= 0.6 is 11.8 Å². The lowest BCUT2D eigenvalue weighted by Gasteiger charge is -2.38. The second-order valence-corrected chi connectivity index (χ2v) is 8.19. The molecule has 1 aliphatic heterocycles. The van der Waals surface area contributed by atoms with Crippen LogP contribution in [0.1, 0.15) is 29.4 Å². The molecule has 2 heterocycles. The topological polar surface area (TPSA) is 82.9 Å². The van der Waals surface area contributed by atoms with Crippen molar-refractivity contribution in [1.82, 2.24) is 10.3 Å². The van der Waals surface area contributed by atoms with Gasteiger partial charge in [-0.15, -0.1) is 11.8 Å². The van der Waals surface area contributed by atoms with Gasteiger partial charge in [0.1, 0.15) is 17.0 Å². The second kappa shape index (κ2) is 6.99. The van der Waals surface area contributed by atoms with E-state index in [1.54, 1.807) is 30.0 Å². The monoisotopic (exact) mass is 384 g/mol. The number of nitrogens with two attached hydrogens (primary N) is 1. The van der Waals surface area contributed by atoms with Crippen molar-refractivity contribution in [3.05, 3.63) is 65.6 Å². The Labute approximate surface area is 160 Å². The van der Waals surface area contributed by atoms with Crippen LogP contribution in [0.15, 0.2) is 48.5 Å². The summed E-state index contributed by atoms with van der Waals surface area (Å²) in [6.45, 7) is 1.94. The van der Waals surface area contributed by atoms with Crippen LogP contribution in [0.2, 0.25) is 0 Å². The Morgan fingerprint density at radius 1 is 1.30 bits per heavy atom. The normalized spacial score (nSPS) is 22.7. The number of H-pyrrole nitrogens is 1. The molecule has 140 valence electrons. The zero-order valence-corrected chi connectivity index (χ0v) is 15.7. The smallest absolute Gasteiger partial charge is 0.272 e. The lowest BCUT2D eigenvalue weighted by atomic mass is 9.88. The second-order valence-electron chi connectivity index (χ2n) is 6.94. The number of rotatable bonds is 3. The highest BCUT2D eigenvalue weighted by Gasteiger charge is 2.34. The van der Waals surface area contributed by atoms with E-state index in [0.29, 0.717) is 16.9 Å². The summed E-state index contributed by atoms with van der Waals surface area (Å²) in [5.41, 5.74) is 7.58. The predicted octanol–water partition coefficient (Wildman–Crippen LogP) is 3.74. The molecule has 1 aliphatic rings. The molecule has 27 heavy (non-hydrogen) atoms. The molecule has 1 saturated heterocycles. The van der Waals surface area contributed by atoms with Crippen LogP contribution < -0.4 is 16.4 Å². The van der Waals surface area contributed by atoms with Crippen molar-refractivity contribution in [3.8, 4) is 0 Å². The minimum atomic E-state index is -0.573. The Bertz CT molecular complexity index is 972. The maximum absolute atomic E-state index is 14.5. The van der Waals surface area contributed by atoms with Gasteiger partial charge in [0.05, 0.1) is 0 Å². The van der Waals surface area contributed by atoms with Gasteiger partial charge < -0.3 is 16.0 Å². The van der Waals surface area contributed by atoms with E-state index in [0.717, 1.165) is 23.1 Å². The molecule has 0 aliphatic carbocycles. The number of benzene rings is 2. The maximum atomic E-state index is 14.5. The van der Waals surface area contributed by atoms with Crippen LogP contribution in [-0.4, -0.2) is 22.1 Å². The molecule has 0 bridgehead atoms. The zero-order chi connectivity index (χ0) is 19.0. The number of hydrogen-bond donors (Lipinski definition) is 4. The van der Waals surface area contributed by atoms with Gasteiger partial charge in [-0.25, -0.2) is 4.39 Å². The van der Waals surface area contributed by atoms with Crippen LogP contribution in [0, 0.1) is 5.82 Å². The first kappa shape index (κ1) is 18.0. The molecule has 2 atom stereocenters. The summed E-state index contributed by atoms with van der Waals surface area (Å²) in [4.78, 5) is 15.7. The first-order chi connectivity index (χ1) is 12.9. The van der Waals surface area contributed by atoms with Crippen molar-refractivity contribution >= 4 is 34.3 Å². The van der Waals surface area contributed by atoms with Gasteiger partial charge in [0.15, 0.2) is 0 Å². The zero-order valence-electron chi connectivity index (χ0n) is 14.9. The number of hydrogen-bond acceptors (Lipinski definition) is 4. The highest BCUT2D eigenvalue weighted by molar-refractivity contribution is 7.99. The molecule has 1 amide bonds. The fraction of sp³-hybridized carbons (Fsp3) is 0.250. The fourth-order valence-corrected chi connectivity index (χ4v) is 4.57. The van der Waals surface area contributed by atoms with Gasteiger partial charge in [-0.2, -0.15) is 0 Å². The van der Waals surface area contributed by atoms with Crippen LogP contribution in [0.3, 0.4) is 0 Å². The van der Waals surface area contributed by atoms with E-state index < -0.39 is 5.54 Å². The highest BCUT2D eigenvalue weighted by Crippen LogP contribution is 2.35. The third-order valence-electron chi connectivity index (χ3n) is 4.95. The Morgan fingerprint density at radius 3 is 2.89 bits per heavy atom. The molecule has 2 unspecified atom stereocenters. The molecule has 5 nitrogen and oxygen atoms in total. The number of nitrogens with one attached hydrogen (secondary N) is 3. The summed E-state index contributed by atoms with van der Waals surface area (Å²) < 4.78 is 14.5. The number of aromatic amines is 1. The summed E-state index contributed by atoms with van der Waals surface area (Å²) in [6.07, 6.45) is 0.752. The largest absolute Gasteiger partial charge is 0.351 e. The number of carbonyl (C=O) groups excluding carboxylic acids is 1. The number of anilines is 1. The first-order valence-electron chi connectivity index (χ1n) is 8.79. The SMILES string of the molecule is CC1(c2cc(NC(=O)c3cc4ccccc4[nH]3)ccc2F)CCSC(N)N1. The van der Waals surface area contributed by atoms with Crippen LogP contribution in [0.5, 0.6) is 0 Å². The Balaban J connectivity index is 1.60. The molecule has 5 N–H and O–H groups in total. The first-order valence-corrected chi connectivity index (χ1v) is 9.83. The molecule has 0 spiro atoms. The van der Waals surface area contributed by atoms with E-state index in [2.05, 4.69) is 15.6 Å². The van der Waals surface area contributed by atoms with Gasteiger partial charge in [-0.1, -0.05) is 18.2 Å². The standard InChI is InChI=1S/C20H21FN4OS/c1-20(8-9-27-19(22)25-20)14-11-13(6-7-15(14)21)23-18(26)17-10-12-4-2-3-5-16(12)24-17/h2-7,10-11,19,24-25H,8-9,22H2,1H3,(H,23,26). The fourth-order valence-electron chi connectivity index (χ4n) is 3.45. The molecular formula is C20H21FN4OS. The van der Waals surface area contributed by atoms with Crippen molar-refractivity contribution < 1.29 is 9.18 Å². The van der Waals surface area contributed by atoms with E-state index >= 15 is 0 Å². The molecule has 7 heteroatoms. The molecule has 0 saturated carbocycles. The Hall–Kier alpha value is -2.35. The minimum absolute atomic E-state index is 0.243. The van der Waals surface area contributed by atoms with Crippen molar-refractivity contribution in [1.29, 1.82) is 0 Å². The van der Waals surface area contributed by atoms with Gasteiger partial charge in [0.2, 0.25) is 0 Å². The van der Waals surface area contributed by atoms with Gasteiger partial charge >= 0.3 is 0 Å². The average molecular weight is 384 g/mol. The number of fused-ring (bicyclic) bond motifs is 1. The molecule has 0 radical (unpaired) electrons. The van der Waals surface area contributed by atoms with Crippen LogP contribution in [0.25, 0.3) is 10.9 Å². The van der Waals surface area contributed by atoms with Gasteiger partial charge in [-0.05, 0) is 49.4 Å². The quantitative estimate of drug-likeness (QED) is 0.554. The summed E-state index contributed by atoms with van der Waals surface area (Å²) >= 11 is 1.61. The molecule has 2 aromatic carbocycles. The van der Waals surface area contributed by atoms with Crippen LogP contribution in [-0.2, 0) is 5.54 Å². The number of aromatic nitrogens is 1. The lowest BCUT2D eigenvalue weighted by molar-refractivity contribution is 0.102. The van der Waals surface area contributed by atoms with Gasteiger partial charge in [-0.3, -0.25) is 10.1 Å². The Kier molecular flexibility index (Phi) is 4.67. The van der Waals surface area contributed by atoms with E-state index in [1.807, 2.05) is 31.2 Å². The number of halogens is 1. The number of amides is 1. The number of carbonyl (C=O) groups is 1. The van der Waals surface area contributed by atoms with Crippen molar-refractivity contribution in [3.63, 3.8) is 0 Å². The lowest BCUT2D eigenvalue weighted by Crippen LogP contribution is -2.52. The predicted molar refractivity (Wildman–Crippen MR) is 108 cm³/mol. The van der Waals surface area contributed by atoms with E-state index in [4.69, 9.17) is 5.73 Å². The summed E-state index contributed by atoms with van der Waals surface area (Å²) in [5.74, 6) is 0.265. The van der Waals surface area contributed by atoms with Crippen LogP contribution in [0.4, 0.5) is 10.1 Å². The minimum Gasteiger partial charge on any atom is -0.351 e. The van der Waals surface area contributed by atoms with E-state index in [-0.39, 0.29) is 17.2 Å². The summed E-state index contributed by atoms with van der Waals surface area (Å²) in [5, 5.41) is 7.08. The number of thioether (sulfide) groups is 1. The third-order valence-corrected chi connectivity index (χ3v) is 5.87. The van der Waals surface area contributed by atoms with Gasteiger partial charge in [0, 0.05) is 27.7 Å². The molecular weight excluding hydrogens is 363 g/mol. The van der Waals surface area contributed by atoms with E-state index in [9.17, 15) is 9.18 Å². The van der Waals surface area contributed by atoms with Crippen molar-refractivity contribution in [2.24, 2.45) is 5.73 Å². The third kappa shape index (κ3) is 3.58. The van der Waals surface area contributed by atoms with Gasteiger partial charge in [0.25, 0.3) is 5.91 Å². The van der Waals surface area contributed by atoms with E-state index in [1.165, 1.54) is 6.07 Å². The molecule has 1 fully saturated rings. The van der Waals surface area contributed by atoms with Crippen molar-refractivity contribution in [2.75, 3.05) is 11.1 Å². The summed E-state index contributed by atoms with van der Waals surface area (Å²) in [7, 11) is 0. The van der Waals surface area contributed by atoms with Crippen molar-refractivity contribution in [2.45, 2.75) is 24.4 Å². The summed E-state index contributed by atoms with van der Waals surface area (Å²) in [6, 6.07) is 14.1. The molecule has 1 aromatic heterocycles. The molecule has 3 aromatic rings. The highest BCUT2D eigenvalue weighted by atomic mass is 32.2. The maximum Gasteiger partial charge on any atom is 0.272 e. The molecule has 4 rings (SSSR count). The number of para-hydroxylation sites is 1.